The Labute approximate surface area is 113 Å². The maximum absolute atomic E-state index is 13.1. The van der Waals surface area contributed by atoms with E-state index in [0.717, 1.165) is 19.3 Å². The average Bonchev–Trinajstić information content (AvgIpc) is 2.38. The topological polar surface area (TPSA) is 63.4 Å². The van der Waals surface area contributed by atoms with Gasteiger partial charge < -0.3 is 5.73 Å². The van der Waals surface area contributed by atoms with E-state index in [-0.39, 0.29) is 10.9 Å². The molecular weight excluding hydrogens is 267 g/mol. The van der Waals surface area contributed by atoms with Crippen LogP contribution in [0.2, 0.25) is 0 Å². The van der Waals surface area contributed by atoms with Crippen LogP contribution in [-0.2, 0) is 10.0 Å². The number of nitrogens with two attached hydrogens (primary N) is 1. The van der Waals surface area contributed by atoms with Crippen LogP contribution in [0.4, 0.5) is 4.39 Å². The van der Waals surface area contributed by atoms with E-state index < -0.39 is 15.8 Å². The van der Waals surface area contributed by atoms with Crippen LogP contribution in [0.3, 0.4) is 0 Å². The molecule has 1 fully saturated rings. The van der Waals surface area contributed by atoms with Gasteiger partial charge in [-0.2, -0.15) is 4.31 Å². The largest absolute Gasteiger partial charge is 0.329 e. The highest BCUT2D eigenvalue weighted by atomic mass is 32.2. The van der Waals surface area contributed by atoms with Gasteiger partial charge in [-0.15, -0.1) is 0 Å². The number of sulfonamides is 1. The molecule has 1 saturated heterocycles. The van der Waals surface area contributed by atoms with Gasteiger partial charge in [-0.05, 0) is 43.5 Å². The first-order chi connectivity index (χ1) is 8.96. The fourth-order valence-corrected chi connectivity index (χ4v) is 4.47. The van der Waals surface area contributed by atoms with Crippen molar-refractivity contribution in [1.82, 2.24) is 4.31 Å². The summed E-state index contributed by atoms with van der Waals surface area (Å²) in [7, 11) is -3.58. The third-order valence-corrected chi connectivity index (χ3v) is 5.68. The molecular formula is C13H19FN2O2S. The fraction of sp³-hybridized carbons (Fsp3) is 0.538. The molecule has 2 rings (SSSR count). The summed E-state index contributed by atoms with van der Waals surface area (Å²) in [5, 5.41) is 0. The predicted molar refractivity (Wildman–Crippen MR) is 71.7 cm³/mol. The highest BCUT2D eigenvalue weighted by Crippen LogP contribution is 2.27. The summed E-state index contributed by atoms with van der Waals surface area (Å²) in [4.78, 5) is 0.175. The summed E-state index contributed by atoms with van der Waals surface area (Å²) in [6.07, 6.45) is 2.63. The summed E-state index contributed by atoms with van der Waals surface area (Å²) >= 11 is 0. The number of benzene rings is 1. The quantitative estimate of drug-likeness (QED) is 0.918. The van der Waals surface area contributed by atoms with Crippen LogP contribution in [0, 0.1) is 12.7 Å². The number of rotatable bonds is 3. The summed E-state index contributed by atoms with van der Waals surface area (Å²) in [6, 6.07) is 3.61. The van der Waals surface area contributed by atoms with Gasteiger partial charge in [-0.25, -0.2) is 12.8 Å². The van der Waals surface area contributed by atoms with Gasteiger partial charge in [0.25, 0.3) is 0 Å². The first kappa shape index (κ1) is 14.4. The average molecular weight is 286 g/mol. The Bertz CT molecular complexity index is 560. The summed E-state index contributed by atoms with van der Waals surface area (Å²) in [6.45, 7) is 2.41. The fourth-order valence-electron chi connectivity index (χ4n) is 2.55. The molecule has 0 bridgehead atoms. The number of halogens is 1. The third-order valence-electron chi connectivity index (χ3n) is 3.57. The molecule has 0 amide bonds. The maximum Gasteiger partial charge on any atom is 0.243 e. The lowest BCUT2D eigenvalue weighted by Gasteiger charge is -2.34. The van der Waals surface area contributed by atoms with Crippen molar-refractivity contribution in [2.24, 2.45) is 5.73 Å². The van der Waals surface area contributed by atoms with Crippen molar-refractivity contribution in [3.63, 3.8) is 0 Å². The molecule has 0 radical (unpaired) electrons. The summed E-state index contributed by atoms with van der Waals surface area (Å²) < 4.78 is 39.8. The second-order valence-corrected chi connectivity index (χ2v) is 6.77. The number of piperidine rings is 1. The molecule has 1 aromatic rings. The molecule has 1 aromatic carbocycles. The van der Waals surface area contributed by atoms with E-state index in [1.54, 1.807) is 6.92 Å². The molecule has 6 heteroatoms. The number of hydrogen-bond donors (Lipinski definition) is 1. The Hall–Kier alpha value is -0.980. The first-order valence-electron chi connectivity index (χ1n) is 6.45. The Morgan fingerprint density at radius 2 is 2.16 bits per heavy atom. The van der Waals surface area contributed by atoms with E-state index in [0.29, 0.717) is 18.7 Å². The van der Waals surface area contributed by atoms with Crippen LogP contribution in [0.5, 0.6) is 0 Å². The zero-order valence-corrected chi connectivity index (χ0v) is 11.8. The zero-order chi connectivity index (χ0) is 14.0. The minimum atomic E-state index is -3.58. The highest BCUT2D eigenvalue weighted by molar-refractivity contribution is 7.89. The highest BCUT2D eigenvalue weighted by Gasteiger charge is 2.33. The Balaban J connectivity index is 2.40. The lowest BCUT2D eigenvalue weighted by Crippen LogP contribution is -2.47. The predicted octanol–water partition coefficient (Wildman–Crippen LogP) is 1.64. The molecule has 1 unspecified atom stereocenters. The first-order valence-corrected chi connectivity index (χ1v) is 7.89. The van der Waals surface area contributed by atoms with Gasteiger partial charge in [-0.3, -0.25) is 0 Å². The summed E-state index contributed by atoms with van der Waals surface area (Å²) in [5.41, 5.74) is 6.10. The minimum Gasteiger partial charge on any atom is -0.329 e. The molecule has 0 spiro atoms. The van der Waals surface area contributed by atoms with Gasteiger partial charge in [0.2, 0.25) is 10.0 Å². The monoisotopic (exact) mass is 286 g/mol. The van der Waals surface area contributed by atoms with Gasteiger partial charge in [0.1, 0.15) is 5.82 Å². The molecule has 2 N–H and O–H groups in total. The Morgan fingerprint density at radius 3 is 2.79 bits per heavy atom. The van der Waals surface area contributed by atoms with Crippen molar-refractivity contribution < 1.29 is 12.8 Å². The molecule has 0 saturated carbocycles. The Kier molecular flexibility index (Phi) is 4.23. The molecule has 1 atom stereocenters. The summed E-state index contributed by atoms with van der Waals surface area (Å²) in [5.74, 6) is -0.425. The number of nitrogens with zero attached hydrogens (tertiary/aromatic N) is 1. The maximum atomic E-state index is 13.1. The van der Waals surface area contributed by atoms with Gasteiger partial charge in [0.15, 0.2) is 0 Å². The molecule has 106 valence electrons. The number of aryl methyl sites for hydroxylation is 1. The zero-order valence-electron chi connectivity index (χ0n) is 11.0. The van der Waals surface area contributed by atoms with Gasteiger partial charge in [0, 0.05) is 19.1 Å². The molecule has 1 aliphatic rings. The van der Waals surface area contributed by atoms with Crippen LogP contribution in [-0.4, -0.2) is 31.9 Å². The van der Waals surface area contributed by atoms with Crippen molar-refractivity contribution in [2.45, 2.75) is 37.1 Å². The van der Waals surface area contributed by atoms with E-state index in [1.165, 1.54) is 22.5 Å². The molecule has 1 aliphatic heterocycles. The van der Waals surface area contributed by atoms with Crippen molar-refractivity contribution in [3.8, 4) is 0 Å². The van der Waals surface area contributed by atoms with E-state index in [1.807, 2.05) is 0 Å². The molecule has 0 aromatic heterocycles. The van der Waals surface area contributed by atoms with Crippen LogP contribution in [0.15, 0.2) is 23.1 Å². The van der Waals surface area contributed by atoms with Crippen LogP contribution in [0.25, 0.3) is 0 Å². The normalized spacial score (nSPS) is 21.5. The lowest BCUT2D eigenvalue weighted by atomic mass is 10.1. The van der Waals surface area contributed by atoms with E-state index in [2.05, 4.69) is 0 Å². The molecule has 1 heterocycles. The van der Waals surface area contributed by atoms with Crippen LogP contribution >= 0.6 is 0 Å². The van der Waals surface area contributed by atoms with E-state index in [9.17, 15) is 12.8 Å². The number of hydrogen-bond acceptors (Lipinski definition) is 3. The molecule has 19 heavy (non-hydrogen) atoms. The van der Waals surface area contributed by atoms with Crippen molar-refractivity contribution in [1.29, 1.82) is 0 Å². The van der Waals surface area contributed by atoms with E-state index >= 15 is 0 Å². The Morgan fingerprint density at radius 1 is 1.42 bits per heavy atom. The van der Waals surface area contributed by atoms with Crippen LogP contribution < -0.4 is 5.73 Å². The standard InChI is InChI=1S/C13H19FN2O2S/c1-10-8-11(14)5-6-13(10)19(17,18)16-7-3-2-4-12(16)9-15/h5-6,8,12H,2-4,7,9,15H2,1H3. The smallest absolute Gasteiger partial charge is 0.243 e. The molecule has 4 nitrogen and oxygen atoms in total. The second kappa shape index (κ2) is 5.56. The minimum absolute atomic E-state index is 0.150. The van der Waals surface area contributed by atoms with Gasteiger partial charge in [0.05, 0.1) is 4.90 Å². The van der Waals surface area contributed by atoms with Crippen molar-refractivity contribution in [2.75, 3.05) is 13.1 Å². The van der Waals surface area contributed by atoms with E-state index in [4.69, 9.17) is 5.73 Å². The van der Waals surface area contributed by atoms with Gasteiger partial charge >= 0.3 is 0 Å². The van der Waals surface area contributed by atoms with Gasteiger partial charge in [-0.1, -0.05) is 6.42 Å². The SMILES string of the molecule is Cc1cc(F)ccc1S(=O)(=O)N1CCCCC1CN. The van der Waals surface area contributed by atoms with Crippen molar-refractivity contribution >= 4 is 10.0 Å². The molecule has 0 aliphatic carbocycles. The van der Waals surface area contributed by atoms with Crippen LogP contribution in [0.1, 0.15) is 24.8 Å². The third kappa shape index (κ3) is 2.80. The second-order valence-electron chi connectivity index (χ2n) is 4.91. The lowest BCUT2D eigenvalue weighted by molar-refractivity contribution is 0.257. The van der Waals surface area contributed by atoms with Crippen molar-refractivity contribution in [3.05, 3.63) is 29.6 Å².